The summed E-state index contributed by atoms with van der Waals surface area (Å²) in [6.45, 7) is 4.39. The highest BCUT2D eigenvalue weighted by molar-refractivity contribution is 5.79. The van der Waals surface area contributed by atoms with E-state index < -0.39 is 0 Å². The summed E-state index contributed by atoms with van der Waals surface area (Å²) in [6.07, 6.45) is 7.07. The summed E-state index contributed by atoms with van der Waals surface area (Å²) >= 11 is 0. The molecule has 0 N–H and O–H groups in total. The predicted molar refractivity (Wildman–Crippen MR) is 80.9 cm³/mol. The molecule has 2 atom stereocenters. The Kier molecular flexibility index (Phi) is 6.03. The first-order valence-corrected chi connectivity index (χ1v) is 8.22. The maximum atomic E-state index is 12.5. The van der Waals surface area contributed by atoms with Crippen molar-refractivity contribution in [3.8, 4) is 0 Å². The molecule has 0 aliphatic carbocycles. The first-order chi connectivity index (χ1) is 10.1. The van der Waals surface area contributed by atoms with E-state index in [0.717, 1.165) is 45.2 Å². The highest BCUT2D eigenvalue weighted by atomic mass is 16.5. The van der Waals surface area contributed by atoms with Crippen LogP contribution in [0.2, 0.25) is 0 Å². The molecule has 0 radical (unpaired) electrons. The second-order valence-corrected chi connectivity index (χ2v) is 6.33. The Morgan fingerprint density at radius 1 is 1.10 bits per heavy atom. The van der Waals surface area contributed by atoms with Crippen LogP contribution in [-0.2, 0) is 14.3 Å². The van der Waals surface area contributed by atoms with Crippen molar-refractivity contribution >= 4 is 11.9 Å². The summed E-state index contributed by atoms with van der Waals surface area (Å²) in [5.74, 6) is 0.0460. The zero-order chi connectivity index (χ0) is 15.2. The van der Waals surface area contributed by atoms with E-state index in [-0.39, 0.29) is 17.9 Å². The van der Waals surface area contributed by atoms with Crippen LogP contribution in [0, 0.1) is 0 Å². The molecule has 0 saturated carbocycles. The Bertz CT molecular complexity index is 373. The minimum Gasteiger partial charge on any atom is -0.469 e. The monoisotopic (exact) mass is 296 g/mol. The standard InChI is InChI=1S/C16H28N2O3/c1-13-7-3-6-10-18(13)15(19)12-17-9-5-4-8-14(17)11-16(20)21-2/h13-14H,3-12H2,1-2H3. The van der Waals surface area contributed by atoms with Crippen molar-refractivity contribution in [2.75, 3.05) is 26.7 Å². The molecule has 5 nitrogen and oxygen atoms in total. The van der Waals surface area contributed by atoms with Crippen LogP contribution in [0.15, 0.2) is 0 Å². The Hall–Kier alpha value is -1.10. The van der Waals surface area contributed by atoms with Crippen LogP contribution in [-0.4, -0.2) is 60.5 Å². The molecule has 2 unspecified atom stereocenters. The maximum absolute atomic E-state index is 12.5. The Morgan fingerprint density at radius 2 is 1.81 bits per heavy atom. The average molecular weight is 296 g/mol. The van der Waals surface area contributed by atoms with E-state index in [4.69, 9.17) is 4.74 Å². The molecule has 0 bridgehead atoms. The first-order valence-electron chi connectivity index (χ1n) is 8.22. The van der Waals surface area contributed by atoms with Gasteiger partial charge in [-0.15, -0.1) is 0 Å². The third kappa shape index (κ3) is 4.43. The van der Waals surface area contributed by atoms with Crippen LogP contribution in [0.4, 0.5) is 0 Å². The molecule has 0 aromatic rings. The molecule has 2 aliphatic heterocycles. The number of hydrogen-bond donors (Lipinski definition) is 0. The molecule has 2 saturated heterocycles. The number of amides is 1. The SMILES string of the molecule is COC(=O)CC1CCCCN1CC(=O)N1CCCCC1C. The fourth-order valence-corrected chi connectivity index (χ4v) is 3.51. The molecule has 2 rings (SSSR count). The van der Waals surface area contributed by atoms with Crippen LogP contribution in [0.25, 0.3) is 0 Å². The number of likely N-dealkylation sites (tertiary alicyclic amines) is 2. The van der Waals surface area contributed by atoms with Crippen molar-refractivity contribution in [2.24, 2.45) is 0 Å². The summed E-state index contributed by atoms with van der Waals surface area (Å²) in [6, 6.07) is 0.519. The maximum Gasteiger partial charge on any atom is 0.307 e. The zero-order valence-electron chi connectivity index (χ0n) is 13.3. The Morgan fingerprint density at radius 3 is 2.52 bits per heavy atom. The third-order valence-corrected chi connectivity index (χ3v) is 4.84. The van der Waals surface area contributed by atoms with Gasteiger partial charge in [0.1, 0.15) is 0 Å². The third-order valence-electron chi connectivity index (χ3n) is 4.84. The summed E-state index contributed by atoms with van der Waals surface area (Å²) < 4.78 is 4.78. The van der Waals surface area contributed by atoms with Gasteiger partial charge in [0.2, 0.25) is 5.91 Å². The number of carbonyl (C=O) groups is 2. The number of piperidine rings is 2. The van der Waals surface area contributed by atoms with Gasteiger partial charge in [-0.1, -0.05) is 6.42 Å². The molecule has 0 spiro atoms. The number of ether oxygens (including phenoxy) is 1. The van der Waals surface area contributed by atoms with Gasteiger partial charge in [-0.25, -0.2) is 0 Å². The minimum atomic E-state index is -0.175. The van der Waals surface area contributed by atoms with Crippen LogP contribution >= 0.6 is 0 Å². The quantitative estimate of drug-likeness (QED) is 0.742. The molecule has 2 fully saturated rings. The lowest BCUT2D eigenvalue weighted by molar-refractivity contribution is -0.144. The van der Waals surface area contributed by atoms with Gasteiger partial charge in [0.25, 0.3) is 0 Å². The highest BCUT2D eigenvalue weighted by Crippen LogP contribution is 2.22. The number of methoxy groups -OCH3 is 1. The molecule has 5 heteroatoms. The van der Waals surface area contributed by atoms with Crippen LogP contribution < -0.4 is 0 Å². The van der Waals surface area contributed by atoms with E-state index in [1.807, 2.05) is 4.90 Å². The number of rotatable bonds is 4. The molecule has 120 valence electrons. The molecule has 2 aliphatic rings. The lowest BCUT2D eigenvalue weighted by Crippen LogP contribution is -2.50. The van der Waals surface area contributed by atoms with Crippen molar-refractivity contribution in [1.29, 1.82) is 0 Å². The Balaban J connectivity index is 1.91. The van der Waals surface area contributed by atoms with Gasteiger partial charge in [-0.2, -0.15) is 0 Å². The number of carbonyl (C=O) groups excluding carboxylic acids is 2. The van der Waals surface area contributed by atoms with Gasteiger partial charge in [0.05, 0.1) is 20.1 Å². The van der Waals surface area contributed by atoms with Crippen molar-refractivity contribution in [2.45, 2.75) is 64.0 Å². The van der Waals surface area contributed by atoms with E-state index in [2.05, 4.69) is 11.8 Å². The summed E-state index contributed by atoms with van der Waals surface area (Å²) in [4.78, 5) is 28.3. The van der Waals surface area contributed by atoms with Gasteiger partial charge >= 0.3 is 5.97 Å². The lowest BCUT2D eigenvalue weighted by Gasteiger charge is -2.38. The second kappa shape index (κ2) is 7.78. The predicted octanol–water partition coefficient (Wildman–Crippen LogP) is 1.80. The molecule has 1 amide bonds. The molecule has 2 heterocycles. The number of hydrogen-bond acceptors (Lipinski definition) is 4. The molecular weight excluding hydrogens is 268 g/mol. The van der Waals surface area contributed by atoms with Gasteiger partial charge < -0.3 is 9.64 Å². The summed E-state index contributed by atoms with van der Waals surface area (Å²) in [5.41, 5.74) is 0. The van der Waals surface area contributed by atoms with Gasteiger partial charge in [0, 0.05) is 18.6 Å². The topological polar surface area (TPSA) is 49.9 Å². The van der Waals surface area contributed by atoms with Crippen LogP contribution in [0.3, 0.4) is 0 Å². The lowest BCUT2D eigenvalue weighted by atomic mass is 9.99. The summed E-state index contributed by atoms with van der Waals surface area (Å²) in [7, 11) is 1.43. The fraction of sp³-hybridized carbons (Fsp3) is 0.875. The van der Waals surface area contributed by atoms with Crippen LogP contribution in [0.1, 0.15) is 51.9 Å². The molecule has 21 heavy (non-hydrogen) atoms. The largest absolute Gasteiger partial charge is 0.469 e. The van der Waals surface area contributed by atoms with Crippen LogP contribution in [0.5, 0.6) is 0 Å². The van der Waals surface area contributed by atoms with Crippen molar-refractivity contribution in [3.05, 3.63) is 0 Å². The summed E-state index contributed by atoms with van der Waals surface area (Å²) in [5, 5.41) is 0. The van der Waals surface area contributed by atoms with E-state index in [9.17, 15) is 9.59 Å². The van der Waals surface area contributed by atoms with E-state index in [1.165, 1.54) is 13.5 Å². The average Bonchev–Trinajstić information content (AvgIpc) is 2.49. The van der Waals surface area contributed by atoms with Gasteiger partial charge in [-0.05, 0) is 45.6 Å². The van der Waals surface area contributed by atoms with Crippen molar-refractivity contribution < 1.29 is 14.3 Å². The van der Waals surface area contributed by atoms with E-state index in [0.29, 0.717) is 19.0 Å². The highest BCUT2D eigenvalue weighted by Gasteiger charge is 2.30. The van der Waals surface area contributed by atoms with Crippen molar-refractivity contribution in [3.63, 3.8) is 0 Å². The van der Waals surface area contributed by atoms with Crippen molar-refractivity contribution in [1.82, 2.24) is 9.80 Å². The molecular formula is C16H28N2O3. The first kappa shape index (κ1) is 16.3. The minimum absolute atomic E-state index is 0.162. The normalized spacial score (nSPS) is 27.4. The molecule has 0 aromatic heterocycles. The van der Waals surface area contributed by atoms with E-state index in [1.54, 1.807) is 0 Å². The van der Waals surface area contributed by atoms with E-state index >= 15 is 0 Å². The smallest absolute Gasteiger partial charge is 0.307 e. The Labute approximate surface area is 127 Å². The number of esters is 1. The number of nitrogens with zero attached hydrogens (tertiary/aromatic N) is 2. The fourth-order valence-electron chi connectivity index (χ4n) is 3.51. The van der Waals surface area contributed by atoms with Gasteiger partial charge in [-0.3, -0.25) is 14.5 Å². The van der Waals surface area contributed by atoms with Gasteiger partial charge in [0.15, 0.2) is 0 Å². The zero-order valence-corrected chi connectivity index (χ0v) is 13.3. The second-order valence-electron chi connectivity index (χ2n) is 6.33. The molecule has 0 aromatic carbocycles.